The highest BCUT2D eigenvalue weighted by Gasteiger charge is 2.31. The minimum Gasteiger partial charge on any atom is -0.439 e. The van der Waals surface area contributed by atoms with Crippen LogP contribution in [0.3, 0.4) is 0 Å². The van der Waals surface area contributed by atoms with Crippen molar-refractivity contribution in [3.05, 3.63) is 77.4 Å². The van der Waals surface area contributed by atoms with Crippen molar-refractivity contribution in [1.82, 2.24) is 19.9 Å². The molecule has 1 aliphatic rings. The van der Waals surface area contributed by atoms with Crippen LogP contribution in [0.2, 0.25) is 0 Å². The maximum absolute atomic E-state index is 13.2. The number of amides is 1. The number of alkyl halides is 3. The van der Waals surface area contributed by atoms with Gasteiger partial charge in [0.05, 0.1) is 23.4 Å². The number of aromatic nitrogens is 3. The molecule has 0 aliphatic carbocycles. The summed E-state index contributed by atoms with van der Waals surface area (Å²) in [6.45, 7) is 0.865. The van der Waals surface area contributed by atoms with Gasteiger partial charge in [-0.2, -0.15) is 13.2 Å². The van der Waals surface area contributed by atoms with E-state index in [9.17, 15) is 23.1 Å². The van der Waals surface area contributed by atoms with Crippen molar-refractivity contribution in [3.8, 4) is 11.6 Å². The zero-order chi connectivity index (χ0) is 24.6. The number of hydrogen-bond acceptors (Lipinski definition) is 6. The second-order valence-electron chi connectivity index (χ2n) is 8.04. The largest absolute Gasteiger partial charge is 0.439 e. The van der Waals surface area contributed by atoms with Gasteiger partial charge in [0.25, 0.3) is 0 Å². The van der Waals surface area contributed by atoms with E-state index < -0.39 is 24.4 Å². The smallest absolute Gasteiger partial charge is 0.416 e. The lowest BCUT2D eigenvalue weighted by Gasteiger charge is -2.18. The number of nitrogens with one attached hydrogen (secondary N) is 2. The van der Waals surface area contributed by atoms with Gasteiger partial charge in [0.2, 0.25) is 5.88 Å². The molecule has 2 aromatic heterocycles. The Kier molecular flexibility index (Phi) is 5.87. The van der Waals surface area contributed by atoms with Gasteiger partial charge < -0.3 is 20.5 Å². The fourth-order valence-corrected chi connectivity index (χ4v) is 4.02. The van der Waals surface area contributed by atoms with E-state index in [-0.39, 0.29) is 11.3 Å². The van der Waals surface area contributed by atoms with Gasteiger partial charge in [0.1, 0.15) is 12.1 Å². The molecule has 180 valence electrons. The Morgan fingerprint density at radius 3 is 2.83 bits per heavy atom. The van der Waals surface area contributed by atoms with E-state index in [1.54, 1.807) is 24.3 Å². The summed E-state index contributed by atoms with van der Waals surface area (Å²) < 4.78 is 46.8. The van der Waals surface area contributed by atoms with E-state index in [4.69, 9.17) is 4.74 Å². The van der Waals surface area contributed by atoms with Crippen molar-refractivity contribution in [2.24, 2.45) is 0 Å². The first-order chi connectivity index (χ1) is 16.8. The van der Waals surface area contributed by atoms with E-state index in [0.717, 1.165) is 36.4 Å². The van der Waals surface area contributed by atoms with Gasteiger partial charge in [0, 0.05) is 29.4 Å². The molecule has 0 spiro atoms. The van der Waals surface area contributed by atoms with Gasteiger partial charge in [-0.3, -0.25) is 4.57 Å². The van der Waals surface area contributed by atoms with Crippen molar-refractivity contribution < 1.29 is 27.8 Å². The van der Waals surface area contributed by atoms with Crippen LogP contribution in [0.25, 0.3) is 10.9 Å². The number of nitrogens with zero attached hydrogens (tertiary/aromatic N) is 3. The third kappa shape index (κ3) is 4.68. The molecule has 0 unspecified atom stereocenters. The number of rotatable bonds is 4. The molecule has 1 amide bonds. The monoisotopic (exact) mass is 483 g/mol. The number of halogens is 3. The topological polar surface area (TPSA) is 101 Å². The number of benzene rings is 2. The molecule has 4 aromatic rings. The molecule has 8 nitrogen and oxygen atoms in total. The molecule has 11 heteroatoms. The van der Waals surface area contributed by atoms with Crippen molar-refractivity contribution >= 4 is 22.6 Å². The van der Waals surface area contributed by atoms with Crippen LogP contribution in [0.4, 0.5) is 23.7 Å². The molecule has 3 N–H and O–H groups in total. The minimum atomic E-state index is -4.61. The van der Waals surface area contributed by atoms with Gasteiger partial charge >= 0.3 is 12.2 Å². The van der Waals surface area contributed by atoms with Crippen LogP contribution in [0.15, 0.2) is 55.0 Å². The second-order valence-corrected chi connectivity index (χ2v) is 8.04. The first kappa shape index (κ1) is 22.8. The standard InChI is InChI=1S/C24H20F3N5O3/c25-24(26,27)16-7-14(12-33)8-17(10-16)31-23(34)32-6-4-15-9-18(1-2-21(15)32)35-22-19-3-5-28-11-20(19)29-13-30-22/h1-2,4,6-10,13,28,33H,3,5,11-12H2,(H,31,34). The molecule has 0 saturated heterocycles. The summed E-state index contributed by atoms with van der Waals surface area (Å²) >= 11 is 0. The van der Waals surface area contributed by atoms with Crippen molar-refractivity contribution in [2.45, 2.75) is 25.7 Å². The lowest BCUT2D eigenvalue weighted by molar-refractivity contribution is -0.137. The molecule has 35 heavy (non-hydrogen) atoms. The number of ether oxygens (including phenoxy) is 1. The third-order valence-electron chi connectivity index (χ3n) is 5.69. The minimum absolute atomic E-state index is 0.0389. The normalized spacial score (nSPS) is 13.5. The SMILES string of the molecule is O=C(Nc1cc(CO)cc(C(F)(F)F)c1)n1ccc2cc(Oc3ncnc4c3CCNC4)ccc21. The summed E-state index contributed by atoms with van der Waals surface area (Å²) in [5, 5.41) is 15.7. The average molecular weight is 483 g/mol. The highest BCUT2D eigenvalue weighted by atomic mass is 19.4. The van der Waals surface area contributed by atoms with E-state index >= 15 is 0 Å². The molecule has 0 atom stereocenters. The molecule has 1 aliphatic heterocycles. The Labute approximate surface area is 197 Å². The van der Waals surface area contributed by atoms with Crippen molar-refractivity contribution in [1.29, 1.82) is 0 Å². The number of fused-ring (bicyclic) bond motifs is 2. The van der Waals surface area contributed by atoms with Crippen LogP contribution in [0.1, 0.15) is 22.4 Å². The van der Waals surface area contributed by atoms with E-state index in [1.165, 1.54) is 23.2 Å². The van der Waals surface area contributed by atoms with E-state index in [1.807, 2.05) is 0 Å². The summed E-state index contributed by atoms with van der Waals surface area (Å²) in [4.78, 5) is 21.4. The van der Waals surface area contributed by atoms with Gasteiger partial charge in [-0.05, 0) is 61.0 Å². The summed E-state index contributed by atoms with van der Waals surface area (Å²) in [6.07, 6.45) is -0.891. The number of hydrogen-bond donors (Lipinski definition) is 3. The maximum Gasteiger partial charge on any atom is 0.416 e. The first-order valence-electron chi connectivity index (χ1n) is 10.8. The fraction of sp³-hybridized carbons (Fsp3) is 0.208. The van der Waals surface area contributed by atoms with Gasteiger partial charge in [-0.1, -0.05) is 0 Å². The van der Waals surface area contributed by atoms with Crippen LogP contribution in [-0.2, 0) is 25.7 Å². The number of aliphatic hydroxyl groups excluding tert-OH is 1. The number of anilines is 1. The Morgan fingerprint density at radius 2 is 2.03 bits per heavy atom. The molecular formula is C24H20F3N5O3. The summed E-state index contributed by atoms with van der Waals surface area (Å²) in [6, 6.07) is 9.15. The van der Waals surface area contributed by atoms with E-state index in [0.29, 0.717) is 29.1 Å². The Balaban J connectivity index is 1.39. The van der Waals surface area contributed by atoms with Crippen LogP contribution in [-0.4, -0.2) is 32.2 Å². The van der Waals surface area contributed by atoms with Crippen LogP contribution >= 0.6 is 0 Å². The number of carbonyl (C=O) groups excluding carboxylic acids is 1. The number of aliphatic hydroxyl groups is 1. The highest BCUT2D eigenvalue weighted by Crippen LogP contribution is 2.33. The Bertz CT molecular complexity index is 1420. The Morgan fingerprint density at radius 1 is 1.17 bits per heavy atom. The lowest BCUT2D eigenvalue weighted by atomic mass is 10.1. The molecule has 0 saturated carbocycles. The first-order valence-corrected chi connectivity index (χ1v) is 10.8. The molecule has 0 fully saturated rings. The summed E-state index contributed by atoms with van der Waals surface area (Å²) in [5.41, 5.74) is 1.39. The van der Waals surface area contributed by atoms with E-state index in [2.05, 4.69) is 20.6 Å². The zero-order valence-corrected chi connectivity index (χ0v) is 18.3. The lowest BCUT2D eigenvalue weighted by Crippen LogP contribution is -2.25. The zero-order valence-electron chi connectivity index (χ0n) is 18.3. The molecule has 3 heterocycles. The summed E-state index contributed by atoms with van der Waals surface area (Å²) in [5.74, 6) is 1.01. The van der Waals surface area contributed by atoms with Gasteiger partial charge in [-0.25, -0.2) is 14.8 Å². The van der Waals surface area contributed by atoms with Gasteiger partial charge in [-0.15, -0.1) is 0 Å². The third-order valence-corrected chi connectivity index (χ3v) is 5.69. The predicted molar refractivity (Wildman–Crippen MR) is 121 cm³/mol. The second kappa shape index (κ2) is 9.01. The Hall–Kier alpha value is -3.96. The van der Waals surface area contributed by atoms with Crippen LogP contribution in [0, 0.1) is 0 Å². The van der Waals surface area contributed by atoms with Crippen molar-refractivity contribution in [2.75, 3.05) is 11.9 Å². The highest BCUT2D eigenvalue weighted by molar-refractivity contribution is 5.98. The predicted octanol–water partition coefficient (Wildman–Crippen LogP) is 4.46. The maximum atomic E-state index is 13.2. The quantitative estimate of drug-likeness (QED) is 0.396. The average Bonchev–Trinajstić information content (AvgIpc) is 3.27. The molecule has 5 rings (SSSR count). The molecule has 2 aromatic carbocycles. The van der Waals surface area contributed by atoms with Crippen LogP contribution < -0.4 is 15.4 Å². The van der Waals surface area contributed by atoms with Crippen LogP contribution in [0.5, 0.6) is 11.6 Å². The number of carbonyl (C=O) groups is 1. The molecule has 0 bridgehead atoms. The van der Waals surface area contributed by atoms with Gasteiger partial charge in [0.15, 0.2) is 0 Å². The molecular weight excluding hydrogens is 463 g/mol. The molecule has 0 radical (unpaired) electrons. The fourth-order valence-electron chi connectivity index (χ4n) is 4.02. The summed E-state index contributed by atoms with van der Waals surface area (Å²) in [7, 11) is 0. The van der Waals surface area contributed by atoms with Crippen molar-refractivity contribution in [3.63, 3.8) is 0 Å².